The monoisotopic (exact) mass is 298 g/mol. The maximum absolute atomic E-state index is 5.90. The van der Waals surface area contributed by atoms with Crippen LogP contribution in [0, 0.1) is 0 Å². The van der Waals surface area contributed by atoms with E-state index >= 15 is 0 Å². The summed E-state index contributed by atoms with van der Waals surface area (Å²) in [5, 5.41) is 7.16. The van der Waals surface area contributed by atoms with Crippen molar-refractivity contribution in [2.75, 3.05) is 14.1 Å². The second-order valence-electron chi connectivity index (χ2n) is 3.95. The molecule has 0 fully saturated rings. The fourth-order valence-corrected chi connectivity index (χ4v) is 2.66. The molecule has 0 saturated carbocycles. The van der Waals surface area contributed by atoms with E-state index in [0.29, 0.717) is 13.1 Å². The first-order valence-electron chi connectivity index (χ1n) is 5.74. The highest BCUT2D eigenvalue weighted by Gasteiger charge is 2.08. The normalized spacial score (nSPS) is 11.6. The van der Waals surface area contributed by atoms with Gasteiger partial charge < -0.3 is 14.7 Å². The molecule has 2 aromatic rings. The zero-order valence-electron chi connectivity index (χ0n) is 10.8. The van der Waals surface area contributed by atoms with Gasteiger partial charge in [-0.25, -0.2) is 0 Å². The van der Waals surface area contributed by atoms with Gasteiger partial charge in [-0.05, 0) is 12.1 Å². The number of thiophene rings is 1. The summed E-state index contributed by atoms with van der Waals surface area (Å²) >= 11 is 7.46. The van der Waals surface area contributed by atoms with Crippen LogP contribution in [0.4, 0.5) is 0 Å². The van der Waals surface area contributed by atoms with Gasteiger partial charge in [-0.2, -0.15) is 0 Å². The van der Waals surface area contributed by atoms with E-state index < -0.39 is 0 Å². The lowest BCUT2D eigenvalue weighted by molar-refractivity contribution is 0.391. The summed E-state index contributed by atoms with van der Waals surface area (Å²) in [7, 11) is 3.70. The SMILES string of the molecule is CN=C(NCc1ccc(Cl)s1)N(C)Cc1ccon1. The molecule has 0 aliphatic heterocycles. The van der Waals surface area contributed by atoms with Crippen LogP contribution in [0.25, 0.3) is 0 Å². The molecule has 0 aromatic carbocycles. The minimum Gasteiger partial charge on any atom is -0.364 e. The molecule has 0 aliphatic carbocycles. The van der Waals surface area contributed by atoms with E-state index in [4.69, 9.17) is 16.1 Å². The Bertz CT molecular complexity index is 538. The summed E-state index contributed by atoms with van der Waals surface area (Å²) < 4.78 is 5.61. The number of aromatic nitrogens is 1. The van der Waals surface area contributed by atoms with Crippen molar-refractivity contribution in [2.45, 2.75) is 13.1 Å². The number of aliphatic imine (C=N–C) groups is 1. The number of hydrogen-bond donors (Lipinski definition) is 1. The Labute approximate surface area is 120 Å². The summed E-state index contributed by atoms with van der Waals surface area (Å²) in [4.78, 5) is 7.38. The average Bonchev–Trinajstić information content (AvgIpc) is 3.02. The van der Waals surface area contributed by atoms with Gasteiger partial charge in [-0.1, -0.05) is 16.8 Å². The molecule has 0 bridgehead atoms. The molecule has 0 amide bonds. The highest BCUT2D eigenvalue weighted by atomic mass is 35.5. The van der Waals surface area contributed by atoms with Crippen LogP contribution in [0.5, 0.6) is 0 Å². The lowest BCUT2D eigenvalue weighted by Gasteiger charge is -2.20. The number of guanidine groups is 1. The van der Waals surface area contributed by atoms with Crippen molar-refractivity contribution in [2.24, 2.45) is 4.99 Å². The van der Waals surface area contributed by atoms with Crippen molar-refractivity contribution in [1.82, 2.24) is 15.4 Å². The molecular weight excluding hydrogens is 284 g/mol. The van der Waals surface area contributed by atoms with Gasteiger partial charge in [0.15, 0.2) is 5.96 Å². The van der Waals surface area contributed by atoms with Crippen LogP contribution < -0.4 is 5.32 Å². The zero-order valence-corrected chi connectivity index (χ0v) is 12.3. The Morgan fingerprint density at radius 1 is 1.53 bits per heavy atom. The van der Waals surface area contributed by atoms with E-state index in [1.54, 1.807) is 24.6 Å². The Morgan fingerprint density at radius 3 is 2.95 bits per heavy atom. The standard InChI is InChI=1S/C12H15ClN4OS/c1-14-12(15-7-10-3-4-11(13)19-10)17(2)8-9-5-6-18-16-9/h3-6H,7-8H2,1-2H3,(H,14,15). The Morgan fingerprint density at radius 2 is 2.37 bits per heavy atom. The maximum Gasteiger partial charge on any atom is 0.194 e. The summed E-state index contributed by atoms with van der Waals surface area (Å²) in [5.41, 5.74) is 0.865. The molecule has 19 heavy (non-hydrogen) atoms. The molecule has 0 spiro atoms. The molecule has 0 saturated heterocycles. The largest absolute Gasteiger partial charge is 0.364 e. The average molecular weight is 299 g/mol. The number of rotatable bonds is 4. The van der Waals surface area contributed by atoms with Gasteiger partial charge in [-0.3, -0.25) is 4.99 Å². The third-order valence-corrected chi connectivity index (χ3v) is 3.74. The van der Waals surface area contributed by atoms with E-state index in [-0.39, 0.29) is 0 Å². The summed E-state index contributed by atoms with van der Waals surface area (Å²) in [6.45, 7) is 1.34. The van der Waals surface area contributed by atoms with Crippen LogP contribution >= 0.6 is 22.9 Å². The van der Waals surface area contributed by atoms with E-state index in [1.807, 2.05) is 30.1 Å². The molecule has 0 atom stereocenters. The van der Waals surface area contributed by atoms with Gasteiger partial charge in [0.1, 0.15) is 12.0 Å². The van der Waals surface area contributed by atoms with E-state index in [9.17, 15) is 0 Å². The lowest BCUT2D eigenvalue weighted by Crippen LogP contribution is -2.37. The first-order valence-corrected chi connectivity index (χ1v) is 6.93. The van der Waals surface area contributed by atoms with Gasteiger partial charge in [-0.15, -0.1) is 11.3 Å². The van der Waals surface area contributed by atoms with E-state index in [1.165, 1.54) is 4.88 Å². The molecule has 1 N–H and O–H groups in total. The van der Waals surface area contributed by atoms with E-state index in [0.717, 1.165) is 16.0 Å². The number of hydrogen-bond acceptors (Lipinski definition) is 4. The minimum atomic E-state index is 0.640. The molecular formula is C12H15ClN4OS. The van der Waals surface area contributed by atoms with Crippen LogP contribution in [0.3, 0.4) is 0 Å². The van der Waals surface area contributed by atoms with Crippen molar-refractivity contribution in [3.8, 4) is 0 Å². The van der Waals surface area contributed by atoms with Crippen LogP contribution in [-0.4, -0.2) is 30.1 Å². The van der Waals surface area contributed by atoms with E-state index in [2.05, 4.69) is 15.5 Å². The second kappa shape index (κ2) is 6.58. The smallest absolute Gasteiger partial charge is 0.194 e. The molecule has 0 aliphatic rings. The molecule has 0 radical (unpaired) electrons. The van der Waals surface area contributed by atoms with Gasteiger partial charge in [0.2, 0.25) is 0 Å². The first-order chi connectivity index (χ1) is 9.19. The molecule has 2 heterocycles. The molecule has 0 unspecified atom stereocenters. The first kappa shape index (κ1) is 13.9. The predicted molar refractivity (Wildman–Crippen MR) is 77.5 cm³/mol. The van der Waals surface area contributed by atoms with Crippen LogP contribution in [0.1, 0.15) is 10.6 Å². The van der Waals surface area contributed by atoms with Crippen molar-refractivity contribution in [3.63, 3.8) is 0 Å². The molecule has 102 valence electrons. The quantitative estimate of drug-likeness (QED) is 0.696. The maximum atomic E-state index is 5.90. The summed E-state index contributed by atoms with van der Waals surface area (Å²) in [6.07, 6.45) is 1.56. The number of nitrogens with one attached hydrogen (secondary N) is 1. The Hall–Kier alpha value is -1.53. The summed E-state index contributed by atoms with van der Waals surface area (Å²) in [5.74, 6) is 0.799. The minimum absolute atomic E-state index is 0.640. The molecule has 5 nitrogen and oxygen atoms in total. The molecule has 2 aromatic heterocycles. The summed E-state index contributed by atoms with van der Waals surface area (Å²) in [6, 6.07) is 5.73. The molecule has 2 rings (SSSR count). The van der Waals surface area contributed by atoms with Crippen molar-refractivity contribution in [3.05, 3.63) is 39.4 Å². The second-order valence-corrected chi connectivity index (χ2v) is 5.75. The van der Waals surface area contributed by atoms with Gasteiger partial charge in [0.05, 0.1) is 17.4 Å². The highest BCUT2D eigenvalue weighted by molar-refractivity contribution is 7.16. The van der Waals surface area contributed by atoms with Gasteiger partial charge in [0, 0.05) is 25.0 Å². The predicted octanol–water partition coefficient (Wildman–Crippen LogP) is 2.60. The van der Waals surface area contributed by atoms with Crippen molar-refractivity contribution < 1.29 is 4.52 Å². The fourth-order valence-electron chi connectivity index (χ4n) is 1.63. The van der Waals surface area contributed by atoms with Crippen LogP contribution in [-0.2, 0) is 13.1 Å². The van der Waals surface area contributed by atoms with Gasteiger partial charge >= 0.3 is 0 Å². The third kappa shape index (κ3) is 3.97. The van der Waals surface area contributed by atoms with Crippen molar-refractivity contribution in [1.29, 1.82) is 0 Å². The van der Waals surface area contributed by atoms with Gasteiger partial charge in [0.25, 0.3) is 0 Å². The zero-order chi connectivity index (χ0) is 13.7. The lowest BCUT2D eigenvalue weighted by atomic mass is 10.4. The van der Waals surface area contributed by atoms with Crippen LogP contribution in [0.15, 0.2) is 34.0 Å². The number of halogens is 1. The fraction of sp³-hybridized carbons (Fsp3) is 0.333. The third-order valence-electron chi connectivity index (χ3n) is 2.51. The number of nitrogens with zero attached hydrogens (tertiary/aromatic N) is 3. The Balaban J connectivity index is 1.89. The Kier molecular flexibility index (Phi) is 4.81. The topological polar surface area (TPSA) is 53.7 Å². The van der Waals surface area contributed by atoms with Crippen molar-refractivity contribution >= 4 is 28.9 Å². The molecule has 7 heteroatoms. The highest BCUT2D eigenvalue weighted by Crippen LogP contribution is 2.21. The van der Waals surface area contributed by atoms with Crippen LogP contribution in [0.2, 0.25) is 4.34 Å².